The number of rotatable bonds is 3. The first kappa shape index (κ1) is 21.2. The Bertz CT molecular complexity index is 631. The molecule has 142 valence electrons. The number of hydrogen-bond donors (Lipinski definition) is 1. The lowest BCUT2D eigenvalue weighted by molar-refractivity contribution is -0.271. The van der Waals surface area contributed by atoms with Gasteiger partial charge in [0.15, 0.2) is 5.78 Å². The summed E-state index contributed by atoms with van der Waals surface area (Å²) in [5.41, 5.74) is -10.1. The van der Waals surface area contributed by atoms with E-state index in [1.165, 1.54) is 6.92 Å². The minimum Gasteiger partial charge on any atom is -0.463 e. The number of carbonyl (C=O) groups excluding carboxylic acids is 2. The molecule has 0 heterocycles. The molecule has 2 atom stereocenters. The van der Waals surface area contributed by atoms with E-state index in [2.05, 4.69) is 4.74 Å². The number of aliphatic hydroxyl groups is 1. The Labute approximate surface area is 139 Å². The lowest BCUT2D eigenvalue weighted by Gasteiger charge is -2.49. The lowest BCUT2D eigenvalue weighted by atomic mass is 9.59. The van der Waals surface area contributed by atoms with Gasteiger partial charge in [0.05, 0.1) is 12.2 Å². The molecule has 1 aliphatic carbocycles. The minimum absolute atomic E-state index is 0.208. The summed E-state index contributed by atoms with van der Waals surface area (Å²) in [5, 5.41) is 10.6. The highest BCUT2D eigenvalue weighted by molar-refractivity contribution is 5.93. The number of hydrogen-bond acceptors (Lipinski definition) is 4. The third-order valence-electron chi connectivity index (χ3n) is 4.14. The molecule has 0 aromatic heterocycles. The second-order valence-corrected chi connectivity index (χ2v) is 5.82. The van der Waals surface area contributed by atoms with Crippen molar-refractivity contribution in [3.8, 4) is 0 Å². The fraction of sp³-hybridized carbons (Fsp3) is 0.600. The Morgan fingerprint density at radius 3 is 2.24 bits per heavy atom. The molecule has 25 heavy (non-hydrogen) atoms. The SMILES string of the molecule is CCOC(=O)/C=C(/C(F)(F)F)C1(O)C(C)=CC(=O)CC1(C)C(F)(F)F. The number of halogens is 6. The van der Waals surface area contributed by atoms with E-state index in [-0.39, 0.29) is 12.7 Å². The number of alkyl halides is 6. The topological polar surface area (TPSA) is 63.6 Å². The molecule has 0 radical (unpaired) electrons. The van der Waals surface area contributed by atoms with Gasteiger partial charge in [-0.3, -0.25) is 4.79 Å². The maximum Gasteiger partial charge on any atom is 0.416 e. The van der Waals surface area contributed by atoms with E-state index in [0.717, 1.165) is 6.92 Å². The summed E-state index contributed by atoms with van der Waals surface area (Å²) in [6.45, 7) is 2.05. The molecule has 0 amide bonds. The van der Waals surface area contributed by atoms with E-state index in [1.807, 2.05) is 0 Å². The number of carbonyl (C=O) groups is 2. The van der Waals surface area contributed by atoms with Crippen LogP contribution in [0.4, 0.5) is 26.3 Å². The van der Waals surface area contributed by atoms with Crippen molar-refractivity contribution in [1.29, 1.82) is 0 Å². The molecule has 1 rings (SSSR count). The summed E-state index contributed by atoms with van der Waals surface area (Å²) in [7, 11) is 0. The third-order valence-corrected chi connectivity index (χ3v) is 4.14. The first-order valence-corrected chi connectivity index (χ1v) is 7.08. The number of esters is 1. The number of ether oxygens (including phenoxy) is 1. The van der Waals surface area contributed by atoms with Gasteiger partial charge in [0.1, 0.15) is 11.0 Å². The van der Waals surface area contributed by atoms with Gasteiger partial charge in [0, 0.05) is 12.5 Å². The molecule has 0 aromatic carbocycles. The average Bonchev–Trinajstić information content (AvgIpc) is 2.40. The predicted octanol–water partition coefficient (Wildman–Crippen LogP) is 3.26. The highest BCUT2D eigenvalue weighted by Crippen LogP contribution is 2.58. The van der Waals surface area contributed by atoms with Gasteiger partial charge in [-0.25, -0.2) is 4.79 Å². The molecule has 0 bridgehead atoms. The van der Waals surface area contributed by atoms with Crippen LogP contribution in [0.1, 0.15) is 27.2 Å². The third kappa shape index (κ3) is 3.58. The van der Waals surface area contributed by atoms with Gasteiger partial charge in [-0.1, -0.05) is 0 Å². The van der Waals surface area contributed by atoms with Crippen molar-refractivity contribution in [3.63, 3.8) is 0 Å². The van der Waals surface area contributed by atoms with Crippen LogP contribution in [-0.2, 0) is 14.3 Å². The molecule has 0 spiro atoms. The second-order valence-electron chi connectivity index (χ2n) is 5.82. The van der Waals surface area contributed by atoms with Crippen LogP contribution >= 0.6 is 0 Å². The Kier molecular flexibility index (Phi) is 5.49. The fourth-order valence-electron chi connectivity index (χ4n) is 2.82. The molecule has 0 fully saturated rings. The molecule has 2 unspecified atom stereocenters. The minimum atomic E-state index is -5.48. The van der Waals surface area contributed by atoms with Crippen LogP contribution < -0.4 is 0 Å². The van der Waals surface area contributed by atoms with Gasteiger partial charge in [-0.05, 0) is 32.4 Å². The maximum absolute atomic E-state index is 13.6. The molecule has 10 heteroatoms. The van der Waals surface area contributed by atoms with E-state index in [1.54, 1.807) is 0 Å². The molecule has 0 saturated carbocycles. The quantitative estimate of drug-likeness (QED) is 0.468. The molecule has 4 nitrogen and oxygen atoms in total. The van der Waals surface area contributed by atoms with Crippen molar-refractivity contribution in [2.45, 2.75) is 45.1 Å². The van der Waals surface area contributed by atoms with Crippen molar-refractivity contribution in [1.82, 2.24) is 0 Å². The van der Waals surface area contributed by atoms with Crippen LogP contribution in [0.5, 0.6) is 0 Å². The summed E-state index contributed by atoms with van der Waals surface area (Å²) in [6, 6.07) is 0. The normalized spacial score (nSPS) is 28.6. The fourth-order valence-corrected chi connectivity index (χ4v) is 2.82. The summed E-state index contributed by atoms with van der Waals surface area (Å²) < 4.78 is 85.3. The molecule has 0 aromatic rings. The molecule has 0 saturated heterocycles. The van der Waals surface area contributed by atoms with E-state index in [4.69, 9.17) is 0 Å². The zero-order valence-corrected chi connectivity index (χ0v) is 13.5. The summed E-state index contributed by atoms with van der Waals surface area (Å²) in [4.78, 5) is 23.0. The van der Waals surface area contributed by atoms with Crippen molar-refractivity contribution in [3.05, 3.63) is 23.3 Å². The Hall–Kier alpha value is -1.84. The van der Waals surface area contributed by atoms with Gasteiger partial charge in [-0.2, -0.15) is 26.3 Å². The maximum atomic E-state index is 13.6. The van der Waals surface area contributed by atoms with Crippen LogP contribution in [0.3, 0.4) is 0 Å². The monoisotopic (exact) mass is 374 g/mol. The van der Waals surface area contributed by atoms with E-state index in [0.29, 0.717) is 13.0 Å². The molecule has 1 aliphatic rings. The van der Waals surface area contributed by atoms with Crippen LogP contribution in [-0.4, -0.2) is 41.4 Å². The van der Waals surface area contributed by atoms with E-state index in [9.17, 15) is 41.0 Å². The number of allylic oxidation sites excluding steroid dienone is 1. The molecular formula is C15H16F6O4. The first-order valence-electron chi connectivity index (χ1n) is 7.08. The zero-order chi connectivity index (χ0) is 19.8. The predicted molar refractivity (Wildman–Crippen MR) is 73.3 cm³/mol. The lowest BCUT2D eigenvalue weighted by Crippen LogP contribution is -2.61. The zero-order valence-electron chi connectivity index (χ0n) is 13.5. The Balaban J connectivity index is 3.80. The summed E-state index contributed by atoms with van der Waals surface area (Å²) in [6.07, 6.45) is -11.9. The Morgan fingerprint density at radius 1 is 1.32 bits per heavy atom. The van der Waals surface area contributed by atoms with Crippen LogP contribution in [0.25, 0.3) is 0 Å². The summed E-state index contributed by atoms with van der Waals surface area (Å²) in [5.74, 6) is -2.64. The van der Waals surface area contributed by atoms with E-state index >= 15 is 0 Å². The highest BCUT2D eigenvalue weighted by Gasteiger charge is 2.70. The number of ketones is 1. The summed E-state index contributed by atoms with van der Waals surface area (Å²) >= 11 is 0. The van der Waals surface area contributed by atoms with Crippen molar-refractivity contribution < 1.29 is 45.8 Å². The molecule has 0 aliphatic heterocycles. The smallest absolute Gasteiger partial charge is 0.416 e. The molecular weight excluding hydrogens is 358 g/mol. The Morgan fingerprint density at radius 2 is 1.84 bits per heavy atom. The van der Waals surface area contributed by atoms with Crippen molar-refractivity contribution in [2.75, 3.05) is 6.61 Å². The van der Waals surface area contributed by atoms with Gasteiger partial charge in [0.2, 0.25) is 0 Å². The van der Waals surface area contributed by atoms with Crippen LogP contribution in [0, 0.1) is 5.41 Å². The largest absolute Gasteiger partial charge is 0.463 e. The standard InChI is InChI=1S/C15H16F6O4/c1-4-25-11(23)6-10(14(16,17)18)13(24)8(2)5-9(22)7-12(13,3)15(19,20)21/h5-6,24H,4,7H2,1-3H3/b10-6+. The van der Waals surface area contributed by atoms with Gasteiger partial charge in [0.25, 0.3) is 0 Å². The van der Waals surface area contributed by atoms with Gasteiger partial charge < -0.3 is 9.84 Å². The second kappa shape index (κ2) is 6.47. The van der Waals surface area contributed by atoms with Crippen molar-refractivity contribution in [2.24, 2.45) is 5.41 Å². The first-order chi connectivity index (χ1) is 11.1. The van der Waals surface area contributed by atoms with Crippen molar-refractivity contribution >= 4 is 11.8 Å². The van der Waals surface area contributed by atoms with Crippen LogP contribution in [0.15, 0.2) is 23.3 Å². The molecule has 1 N–H and O–H groups in total. The van der Waals surface area contributed by atoms with Crippen LogP contribution in [0.2, 0.25) is 0 Å². The van der Waals surface area contributed by atoms with Gasteiger partial charge in [-0.15, -0.1) is 0 Å². The highest BCUT2D eigenvalue weighted by atomic mass is 19.4. The van der Waals surface area contributed by atoms with Gasteiger partial charge >= 0.3 is 18.3 Å². The average molecular weight is 374 g/mol. The van der Waals surface area contributed by atoms with E-state index < -0.39 is 52.7 Å².